The fourth-order valence-electron chi connectivity index (χ4n) is 1.40. The topological polar surface area (TPSA) is 56.1 Å². The number of ether oxygens (including phenoxy) is 1. The van der Waals surface area contributed by atoms with Gasteiger partial charge in [0.2, 0.25) is 11.8 Å². The fourth-order valence-corrected chi connectivity index (χ4v) is 1.52. The molecular formula is C12H12ClN3O2. The summed E-state index contributed by atoms with van der Waals surface area (Å²) < 4.78 is 6.36. The quantitative estimate of drug-likeness (QED) is 0.924. The molecule has 2 rings (SSSR count). The lowest BCUT2D eigenvalue weighted by Crippen LogP contribution is -2.20. The van der Waals surface area contributed by atoms with E-state index in [1.54, 1.807) is 31.3 Å². The number of rotatable bonds is 3. The van der Waals surface area contributed by atoms with E-state index in [4.69, 9.17) is 16.3 Å². The van der Waals surface area contributed by atoms with Crippen LogP contribution >= 0.6 is 11.6 Å². The molecule has 6 heteroatoms. The predicted molar refractivity (Wildman–Crippen MR) is 70.8 cm³/mol. The highest BCUT2D eigenvalue weighted by Gasteiger charge is 2.06. The highest BCUT2D eigenvalue weighted by molar-refractivity contribution is 6.30. The van der Waals surface area contributed by atoms with Gasteiger partial charge in [0.1, 0.15) is 0 Å². The van der Waals surface area contributed by atoms with E-state index in [0.717, 1.165) is 5.69 Å². The van der Waals surface area contributed by atoms with Crippen LogP contribution < -0.4 is 15.6 Å². The molecule has 0 fully saturated rings. The van der Waals surface area contributed by atoms with Crippen molar-refractivity contribution in [1.82, 2.24) is 9.55 Å². The smallest absolute Gasteiger partial charge is 0.258 e. The van der Waals surface area contributed by atoms with Gasteiger partial charge in [-0.3, -0.25) is 9.36 Å². The third-order valence-electron chi connectivity index (χ3n) is 2.42. The molecule has 0 aliphatic heterocycles. The molecule has 18 heavy (non-hydrogen) atoms. The molecule has 0 spiro atoms. The Hall–Kier alpha value is -2.01. The molecule has 0 unspecified atom stereocenters. The summed E-state index contributed by atoms with van der Waals surface area (Å²) in [5.74, 6) is 0.677. The number of hydrogen-bond acceptors (Lipinski definition) is 4. The molecule has 1 N–H and O–H groups in total. The van der Waals surface area contributed by atoms with Gasteiger partial charge in [0, 0.05) is 17.8 Å². The number of anilines is 2. The van der Waals surface area contributed by atoms with Crippen LogP contribution in [0.25, 0.3) is 0 Å². The van der Waals surface area contributed by atoms with Crippen LogP contribution in [0.2, 0.25) is 5.02 Å². The van der Waals surface area contributed by atoms with Gasteiger partial charge in [-0.15, -0.1) is 0 Å². The Morgan fingerprint density at radius 2 is 2.00 bits per heavy atom. The fraction of sp³-hybridized carbons (Fsp3) is 0.167. The van der Waals surface area contributed by atoms with Gasteiger partial charge in [0.15, 0.2) is 0 Å². The van der Waals surface area contributed by atoms with E-state index < -0.39 is 0 Å². The van der Waals surface area contributed by atoms with Crippen LogP contribution in [0.15, 0.2) is 35.1 Å². The van der Waals surface area contributed by atoms with Crippen LogP contribution in [0.4, 0.5) is 11.6 Å². The average molecular weight is 266 g/mol. The molecule has 2 aromatic rings. The minimum absolute atomic E-state index is 0.196. The van der Waals surface area contributed by atoms with Crippen molar-refractivity contribution in [1.29, 1.82) is 0 Å². The first-order valence-electron chi connectivity index (χ1n) is 5.25. The SMILES string of the molecule is COc1cc(=O)n(C)c(Nc2ccc(Cl)cc2)n1. The van der Waals surface area contributed by atoms with Gasteiger partial charge >= 0.3 is 0 Å². The van der Waals surface area contributed by atoms with Gasteiger partial charge in [-0.25, -0.2) is 0 Å². The third-order valence-corrected chi connectivity index (χ3v) is 2.67. The molecule has 0 aliphatic rings. The van der Waals surface area contributed by atoms with Crippen molar-refractivity contribution in [3.63, 3.8) is 0 Å². The Bertz CT molecular complexity index is 608. The molecule has 0 aliphatic carbocycles. The minimum Gasteiger partial charge on any atom is -0.481 e. The Labute approximate surface area is 109 Å². The van der Waals surface area contributed by atoms with Gasteiger partial charge in [0.25, 0.3) is 5.56 Å². The molecule has 0 atom stereocenters. The molecule has 94 valence electrons. The lowest BCUT2D eigenvalue weighted by Gasteiger charge is -2.10. The second-order valence-corrected chi connectivity index (χ2v) is 4.09. The number of benzene rings is 1. The summed E-state index contributed by atoms with van der Waals surface area (Å²) >= 11 is 5.80. The number of aromatic nitrogens is 2. The Balaban J connectivity index is 2.36. The second-order valence-electron chi connectivity index (χ2n) is 3.65. The standard InChI is InChI=1S/C12H12ClN3O2/c1-16-11(17)7-10(18-2)15-12(16)14-9-5-3-8(13)4-6-9/h3-7H,1-2H3,(H,14,15). The molecule has 1 aromatic heterocycles. The zero-order valence-electron chi connectivity index (χ0n) is 9.98. The van der Waals surface area contributed by atoms with E-state index in [1.165, 1.54) is 17.7 Å². The van der Waals surface area contributed by atoms with Crippen molar-refractivity contribution < 1.29 is 4.74 Å². The highest BCUT2D eigenvalue weighted by Crippen LogP contribution is 2.17. The van der Waals surface area contributed by atoms with E-state index in [1.807, 2.05) is 0 Å². The van der Waals surface area contributed by atoms with Crippen LogP contribution in [-0.4, -0.2) is 16.7 Å². The number of halogens is 1. The van der Waals surface area contributed by atoms with E-state index in [9.17, 15) is 4.79 Å². The van der Waals surface area contributed by atoms with Crippen LogP contribution in [-0.2, 0) is 7.05 Å². The Morgan fingerprint density at radius 1 is 1.33 bits per heavy atom. The summed E-state index contributed by atoms with van der Waals surface area (Å²) in [6.07, 6.45) is 0. The predicted octanol–water partition coefficient (Wildman–Crippen LogP) is 2.19. The van der Waals surface area contributed by atoms with Crippen molar-refractivity contribution in [2.75, 3.05) is 12.4 Å². The van der Waals surface area contributed by atoms with E-state index >= 15 is 0 Å². The van der Waals surface area contributed by atoms with E-state index in [-0.39, 0.29) is 11.4 Å². The van der Waals surface area contributed by atoms with Crippen LogP contribution in [0.5, 0.6) is 5.88 Å². The molecule has 0 saturated heterocycles. The second kappa shape index (κ2) is 5.10. The van der Waals surface area contributed by atoms with E-state index in [0.29, 0.717) is 11.0 Å². The Morgan fingerprint density at radius 3 is 2.61 bits per heavy atom. The first kappa shape index (κ1) is 12.4. The number of nitrogens with zero attached hydrogens (tertiary/aromatic N) is 2. The van der Waals surface area contributed by atoms with Gasteiger partial charge in [0.05, 0.1) is 13.2 Å². The van der Waals surface area contributed by atoms with Crippen molar-refractivity contribution in [2.45, 2.75) is 0 Å². The Kier molecular flexibility index (Phi) is 3.53. The van der Waals surface area contributed by atoms with Crippen molar-refractivity contribution in [3.8, 4) is 5.88 Å². The summed E-state index contributed by atoms with van der Waals surface area (Å²) in [4.78, 5) is 15.8. The van der Waals surface area contributed by atoms with Gasteiger partial charge in [-0.1, -0.05) is 11.6 Å². The summed E-state index contributed by atoms with van der Waals surface area (Å²) in [7, 11) is 3.10. The lowest BCUT2D eigenvalue weighted by atomic mass is 10.3. The minimum atomic E-state index is -0.196. The first-order chi connectivity index (χ1) is 8.60. The normalized spacial score (nSPS) is 10.2. The molecule has 0 radical (unpaired) electrons. The monoisotopic (exact) mass is 265 g/mol. The molecule has 0 bridgehead atoms. The van der Waals surface area contributed by atoms with Gasteiger partial charge in [-0.2, -0.15) is 4.98 Å². The van der Waals surface area contributed by atoms with Crippen molar-refractivity contribution in [2.24, 2.45) is 7.05 Å². The molecule has 5 nitrogen and oxygen atoms in total. The summed E-state index contributed by atoms with van der Waals surface area (Å²) in [5.41, 5.74) is 0.591. The van der Waals surface area contributed by atoms with Crippen LogP contribution in [0, 0.1) is 0 Å². The van der Waals surface area contributed by atoms with Crippen LogP contribution in [0.3, 0.4) is 0 Å². The maximum absolute atomic E-state index is 11.6. The highest BCUT2D eigenvalue weighted by atomic mass is 35.5. The molecular weight excluding hydrogens is 254 g/mol. The van der Waals surface area contributed by atoms with Crippen molar-refractivity contribution in [3.05, 3.63) is 45.7 Å². The zero-order valence-corrected chi connectivity index (χ0v) is 10.7. The number of nitrogens with one attached hydrogen (secondary N) is 1. The maximum Gasteiger partial charge on any atom is 0.258 e. The summed E-state index contributed by atoms with van der Waals surface area (Å²) in [6, 6.07) is 8.43. The maximum atomic E-state index is 11.6. The molecule has 1 aromatic carbocycles. The molecule has 1 heterocycles. The van der Waals surface area contributed by atoms with Gasteiger partial charge in [-0.05, 0) is 24.3 Å². The number of hydrogen-bond donors (Lipinski definition) is 1. The van der Waals surface area contributed by atoms with Crippen LogP contribution in [0.1, 0.15) is 0 Å². The first-order valence-corrected chi connectivity index (χ1v) is 5.62. The summed E-state index contributed by atoms with van der Waals surface area (Å²) in [5, 5.41) is 3.67. The molecule has 0 saturated carbocycles. The van der Waals surface area contributed by atoms with E-state index in [2.05, 4.69) is 10.3 Å². The van der Waals surface area contributed by atoms with Crippen molar-refractivity contribution >= 4 is 23.2 Å². The zero-order chi connectivity index (χ0) is 13.1. The lowest BCUT2D eigenvalue weighted by molar-refractivity contribution is 0.395. The number of methoxy groups -OCH3 is 1. The third kappa shape index (κ3) is 2.62. The van der Waals surface area contributed by atoms with Gasteiger partial charge < -0.3 is 10.1 Å². The largest absolute Gasteiger partial charge is 0.481 e. The average Bonchev–Trinajstić information content (AvgIpc) is 2.37. The molecule has 0 amide bonds. The summed E-state index contributed by atoms with van der Waals surface area (Å²) in [6.45, 7) is 0.